The van der Waals surface area contributed by atoms with E-state index in [0.717, 1.165) is 5.76 Å². The second kappa shape index (κ2) is 6.36. The monoisotopic (exact) mass is 397 g/mol. The Kier molecular flexibility index (Phi) is 3.82. The molecular weight excluding hydrogens is 370 g/mol. The van der Waals surface area contributed by atoms with Crippen molar-refractivity contribution in [2.75, 3.05) is 4.90 Å². The van der Waals surface area contributed by atoms with Crippen LogP contribution in [0.2, 0.25) is 0 Å². The largest absolute Gasteiger partial charge is 0.466 e. The Labute approximate surface area is 178 Å². The number of anilines is 1. The van der Waals surface area contributed by atoms with E-state index in [1.54, 1.807) is 0 Å². The van der Waals surface area contributed by atoms with E-state index in [0.29, 0.717) is 12.0 Å². The number of fused-ring (bicyclic) bond motifs is 8. The Hall–Kier alpha value is -2.78. The first-order valence-electron chi connectivity index (χ1n) is 10.9. The lowest BCUT2D eigenvalue weighted by molar-refractivity contribution is -0.119. The number of hydrogen-bond acceptors (Lipinski definition) is 3. The third kappa shape index (κ3) is 2.55. The first-order valence-corrected chi connectivity index (χ1v) is 10.9. The average Bonchev–Trinajstić information content (AvgIpc) is 3.42. The molecule has 3 heterocycles. The lowest BCUT2D eigenvalue weighted by Crippen LogP contribution is -2.37. The molecule has 5 unspecified atom stereocenters. The zero-order valence-electron chi connectivity index (χ0n) is 17.9. The summed E-state index contributed by atoms with van der Waals surface area (Å²) in [5, 5.41) is 0. The van der Waals surface area contributed by atoms with Crippen molar-refractivity contribution >= 4 is 11.8 Å². The number of aryl methyl sites for hydroxylation is 1. The van der Waals surface area contributed by atoms with Crippen LogP contribution >= 0.6 is 0 Å². The Morgan fingerprint density at radius 1 is 1.03 bits per heavy atom. The predicted octanol–water partition coefficient (Wildman–Crippen LogP) is 5.95. The van der Waals surface area contributed by atoms with Gasteiger partial charge in [-0.15, -0.1) is 0 Å². The molecule has 6 rings (SSSR count). The molecule has 152 valence electrons. The number of para-hydroxylation sites is 1. The van der Waals surface area contributed by atoms with E-state index in [1.165, 1.54) is 39.1 Å². The maximum atomic E-state index is 6.04. The van der Waals surface area contributed by atoms with Crippen LogP contribution in [0.1, 0.15) is 53.6 Å². The van der Waals surface area contributed by atoms with Gasteiger partial charge >= 0.3 is 0 Å². The topological polar surface area (TPSA) is 21.7 Å². The molecule has 3 aliphatic heterocycles. The summed E-state index contributed by atoms with van der Waals surface area (Å²) in [4.78, 5) is 2.62. The summed E-state index contributed by atoms with van der Waals surface area (Å²) in [5.41, 5.74) is 9.75. The molecule has 0 saturated heterocycles. The van der Waals surface area contributed by atoms with Crippen LogP contribution in [0.5, 0.6) is 0 Å². The van der Waals surface area contributed by atoms with Gasteiger partial charge in [0, 0.05) is 11.6 Å². The van der Waals surface area contributed by atoms with Crippen molar-refractivity contribution in [2.45, 2.75) is 58.1 Å². The van der Waals surface area contributed by atoms with Crippen molar-refractivity contribution in [3.8, 4) is 0 Å². The predicted molar refractivity (Wildman–Crippen MR) is 120 cm³/mol. The highest BCUT2D eigenvalue weighted by Gasteiger charge is 2.56. The van der Waals surface area contributed by atoms with Gasteiger partial charge in [0.15, 0.2) is 0 Å². The van der Waals surface area contributed by atoms with E-state index in [9.17, 15) is 0 Å². The van der Waals surface area contributed by atoms with Gasteiger partial charge in [0.25, 0.3) is 0 Å². The molecule has 2 aromatic rings. The summed E-state index contributed by atoms with van der Waals surface area (Å²) in [7, 11) is 0. The van der Waals surface area contributed by atoms with Gasteiger partial charge in [-0.3, -0.25) is 0 Å². The molecule has 3 nitrogen and oxygen atoms in total. The Balaban J connectivity index is 1.49. The molecule has 4 aliphatic rings. The Morgan fingerprint density at radius 2 is 1.87 bits per heavy atom. The smallest absolute Gasteiger partial charge is 0.220 e. The van der Waals surface area contributed by atoms with Crippen LogP contribution in [0.15, 0.2) is 66.0 Å². The highest BCUT2D eigenvalue weighted by molar-refractivity contribution is 5.79. The van der Waals surface area contributed by atoms with Crippen molar-refractivity contribution in [3.05, 3.63) is 93.8 Å². The molecule has 2 aromatic carbocycles. The van der Waals surface area contributed by atoms with E-state index in [1.807, 2.05) is 13.0 Å². The van der Waals surface area contributed by atoms with Gasteiger partial charge in [-0.25, -0.2) is 0 Å². The van der Waals surface area contributed by atoms with E-state index in [2.05, 4.69) is 80.3 Å². The van der Waals surface area contributed by atoms with Crippen LogP contribution in [0.4, 0.5) is 5.69 Å². The van der Waals surface area contributed by atoms with Crippen molar-refractivity contribution in [1.29, 1.82) is 0 Å². The molecule has 1 fully saturated rings. The molecule has 0 N–H and O–H groups in total. The van der Waals surface area contributed by atoms with Crippen LogP contribution < -0.4 is 4.90 Å². The molecule has 0 bridgehead atoms. The maximum Gasteiger partial charge on any atom is 0.220 e. The van der Waals surface area contributed by atoms with Crippen LogP contribution in [0.25, 0.3) is 6.08 Å². The third-order valence-corrected chi connectivity index (χ3v) is 7.08. The number of hydrogen-bond donors (Lipinski definition) is 0. The molecule has 30 heavy (non-hydrogen) atoms. The van der Waals surface area contributed by atoms with E-state index in [4.69, 9.17) is 9.47 Å². The average molecular weight is 398 g/mol. The van der Waals surface area contributed by atoms with E-state index < -0.39 is 0 Å². The minimum absolute atomic E-state index is 0.0740. The number of ether oxygens (including phenoxy) is 2. The molecule has 0 radical (unpaired) electrons. The Bertz CT molecular complexity index is 1140. The lowest BCUT2D eigenvalue weighted by Gasteiger charge is -2.41. The van der Waals surface area contributed by atoms with Gasteiger partial charge in [0.2, 0.25) is 6.29 Å². The van der Waals surface area contributed by atoms with Gasteiger partial charge < -0.3 is 14.4 Å². The number of nitrogens with zero attached hydrogens (tertiary/aromatic N) is 1. The van der Waals surface area contributed by atoms with Crippen LogP contribution in [0, 0.1) is 13.8 Å². The fourth-order valence-electron chi connectivity index (χ4n) is 5.58. The van der Waals surface area contributed by atoms with Crippen molar-refractivity contribution in [3.63, 3.8) is 0 Å². The molecule has 5 atom stereocenters. The second-order valence-electron chi connectivity index (χ2n) is 8.97. The normalized spacial score (nSPS) is 31.9. The molecule has 0 amide bonds. The van der Waals surface area contributed by atoms with Crippen molar-refractivity contribution in [1.82, 2.24) is 0 Å². The highest BCUT2D eigenvalue weighted by atomic mass is 16.7. The maximum absolute atomic E-state index is 6.04. The fraction of sp³-hybridized carbons (Fsp3) is 0.333. The van der Waals surface area contributed by atoms with Gasteiger partial charge in [-0.1, -0.05) is 42.5 Å². The SMILES string of the molecule is CC1=CC(C)OC(/C=C2/C3c4ccc(C)c(C)c4C4C=Cc5ccccc5N4C23)O1. The van der Waals surface area contributed by atoms with Gasteiger partial charge in [-0.2, -0.15) is 0 Å². The van der Waals surface area contributed by atoms with Crippen LogP contribution in [-0.4, -0.2) is 18.4 Å². The number of rotatable bonds is 1. The Morgan fingerprint density at radius 3 is 2.70 bits per heavy atom. The van der Waals surface area contributed by atoms with Gasteiger partial charge in [-0.05, 0) is 79.3 Å². The minimum Gasteiger partial charge on any atom is -0.466 e. The van der Waals surface area contributed by atoms with Crippen LogP contribution in [-0.2, 0) is 9.47 Å². The first-order chi connectivity index (χ1) is 14.5. The second-order valence-corrected chi connectivity index (χ2v) is 8.97. The molecule has 1 aliphatic carbocycles. The molecule has 0 aromatic heterocycles. The number of allylic oxidation sites excluding steroid dienone is 1. The van der Waals surface area contributed by atoms with Crippen molar-refractivity contribution < 1.29 is 9.47 Å². The molecule has 1 saturated carbocycles. The highest BCUT2D eigenvalue weighted by Crippen LogP contribution is 2.61. The van der Waals surface area contributed by atoms with Gasteiger partial charge in [0.05, 0.1) is 23.9 Å². The molecule has 3 heteroatoms. The lowest BCUT2D eigenvalue weighted by atomic mass is 9.84. The van der Waals surface area contributed by atoms with E-state index >= 15 is 0 Å². The summed E-state index contributed by atoms with van der Waals surface area (Å²) in [6.45, 7) is 8.57. The zero-order valence-corrected chi connectivity index (χ0v) is 17.9. The summed E-state index contributed by atoms with van der Waals surface area (Å²) in [6.07, 6.45) is 8.68. The molecular formula is C27H27NO2. The fourth-order valence-corrected chi connectivity index (χ4v) is 5.58. The molecule has 0 spiro atoms. The summed E-state index contributed by atoms with van der Waals surface area (Å²) in [6, 6.07) is 14.0. The minimum atomic E-state index is -0.311. The van der Waals surface area contributed by atoms with Crippen molar-refractivity contribution in [2.24, 2.45) is 0 Å². The zero-order chi connectivity index (χ0) is 20.6. The first kappa shape index (κ1) is 18.0. The number of benzene rings is 2. The van der Waals surface area contributed by atoms with E-state index in [-0.39, 0.29) is 18.4 Å². The third-order valence-electron chi connectivity index (χ3n) is 7.08. The standard InChI is InChI=1S/C27H27NO2/c1-15-9-11-20-25(18(15)4)23-12-10-19-7-5-6-8-22(19)28(23)27-21(26(20)27)14-24-29-16(2)13-17(3)30-24/h5-14,16,23-24,26-27H,1-4H3/b21-14-. The van der Waals surface area contributed by atoms with Crippen LogP contribution in [0.3, 0.4) is 0 Å². The quantitative estimate of drug-likeness (QED) is 0.555. The van der Waals surface area contributed by atoms with Gasteiger partial charge in [0.1, 0.15) is 0 Å². The summed E-state index contributed by atoms with van der Waals surface area (Å²) in [5.74, 6) is 1.35. The summed E-state index contributed by atoms with van der Waals surface area (Å²) < 4.78 is 12.0. The summed E-state index contributed by atoms with van der Waals surface area (Å²) >= 11 is 0.